The van der Waals surface area contributed by atoms with Gasteiger partial charge >= 0.3 is 0 Å². The first-order chi connectivity index (χ1) is 15.5. The Hall–Kier alpha value is -1.39. The number of fused-ring (bicyclic) bond motifs is 1. The van der Waals surface area contributed by atoms with Gasteiger partial charge in [-0.3, -0.25) is 4.55 Å². The fourth-order valence-electron chi connectivity index (χ4n) is 4.59. The molecule has 0 aliphatic rings. The van der Waals surface area contributed by atoms with E-state index in [1.165, 1.54) is 94.6 Å². The molecule has 2 aromatic rings. The van der Waals surface area contributed by atoms with Gasteiger partial charge in [0.1, 0.15) is 0 Å². The van der Waals surface area contributed by atoms with E-state index in [1.807, 2.05) is 6.07 Å². The van der Waals surface area contributed by atoms with Crippen LogP contribution < -0.4 is 0 Å². The highest BCUT2D eigenvalue weighted by molar-refractivity contribution is 7.85. The molecule has 0 saturated heterocycles. The van der Waals surface area contributed by atoms with Crippen molar-refractivity contribution in [1.29, 1.82) is 0 Å². The van der Waals surface area contributed by atoms with Crippen LogP contribution >= 0.6 is 0 Å². The third-order valence-electron chi connectivity index (χ3n) is 6.57. The summed E-state index contributed by atoms with van der Waals surface area (Å²) in [6.07, 6.45) is 19.8. The van der Waals surface area contributed by atoms with Crippen LogP contribution in [0.15, 0.2) is 35.2 Å². The van der Waals surface area contributed by atoms with Crippen molar-refractivity contribution >= 4 is 20.9 Å². The van der Waals surface area contributed by atoms with Gasteiger partial charge in [-0.05, 0) is 59.7 Å². The summed E-state index contributed by atoms with van der Waals surface area (Å²) in [6.45, 7) is 4.49. The van der Waals surface area contributed by atoms with Crippen molar-refractivity contribution in [3.05, 3.63) is 41.5 Å². The third kappa shape index (κ3) is 9.23. The molecular weight excluding hydrogens is 416 g/mol. The summed E-state index contributed by atoms with van der Waals surface area (Å²) in [5.41, 5.74) is 2.49. The molecule has 4 heteroatoms. The van der Waals surface area contributed by atoms with E-state index in [-0.39, 0.29) is 4.90 Å². The van der Waals surface area contributed by atoms with Crippen LogP contribution in [0, 0.1) is 0 Å². The van der Waals surface area contributed by atoms with Crippen LogP contribution in [-0.2, 0) is 23.0 Å². The average Bonchev–Trinajstić information content (AvgIpc) is 2.77. The second kappa shape index (κ2) is 14.7. The number of benzene rings is 2. The van der Waals surface area contributed by atoms with Crippen LogP contribution in [0.3, 0.4) is 0 Å². The van der Waals surface area contributed by atoms with Gasteiger partial charge in [0.05, 0.1) is 4.90 Å². The van der Waals surface area contributed by atoms with Crippen LogP contribution in [0.4, 0.5) is 0 Å². The van der Waals surface area contributed by atoms with Gasteiger partial charge in [-0.15, -0.1) is 0 Å². The molecule has 0 heterocycles. The smallest absolute Gasteiger partial charge is 0.282 e. The summed E-state index contributed by atoms with van der Waals surface area (Å²) >= 11 is 0. The predicted molar refractivity (Wildman–Crippen MR) is 137 cm³/mol. The number of hydrogen-bond acceptors (Lipinski definition) is 2. The minimum Gasteiger partial charge on any atom is -0.282 e. The molecule has 0 radical (unpaired) electrons. The molecule has 2 aromatic carbocycles. The first-order valence-electron chi connectivity index (χ1n) is 13.0. The van der Waals surface area contributed by atoms with Crippen molar-refractivity contribution in [3.63, 3.8) is 0 Å². The van der Waals surface area contributed by atoms with E-state index >= 15 is 0 Å². The lowest BCUT2D eigenvalue weighted by atomic mass is 9.93. The van der Waals surface area contributed by atoms with Gasteiger partial charge < -0.3 is 0 Å². The minimum absolute atomic E-state index is 0.00103. The fourth-order valence-corrected chi connectivity index (χ4v) is 5.10. The molecular formula is C28H44O3S. The molecule has 1 N–H and O–H groups in total. The summed E-state index contributed by atoms with van der Waals surface area (Å²) in [4.78, 5) is -0.00103. The first-order valence-corrected chi connectivity index (χ1v) is 14.4. The van der Waals surface area contributed by atoms with E-state index in [4.69, 9.17) is 0 Å². The minimum atomic E-state index is -4.19. The molecule has 0 aromatic heterocycles. The average molecular weight is 461 g/mol. The van der Waals surface area contributed by atoms with Gasteiger partial charge in [0.25, 0.3) is 10.1 Å². The molecule has 2 rings (SSSR count). The van der Waals surface area contributed by atoms with Crippen molar-refractivity contribution in [2.24, 2.45) is 0 Å². The zero-order chi connectivity index (χ0) is 23.2. The Bertz CT molecular complexity index is 902. The Labute approximate surface area is 196 Å². The van der Waals surface area contributed by atoms with Crippen molar-refractivity contribution in [1.82, 2.24) is 0 Å². The highest BCUT2D eigenvalue weighted by Gasteiger charge is 2.13. The molecule has 3 nitrogen and oxygen atoms in total. The monoisotopic (exact) mass is 460 g/mol. The third-order valence-corrected chi connectivity index (χ3v) is 7.42. The van der Waals surface area contributed by atoms with Crippen LogP contribution in [0.1, 0.15) is 115 Å². The van der Waals surface area contributed by atoms with Gasteiger partial charge in [0.15, 0.2) is 0 Å². The Morgan fingerprint density at radius 1 is 0.594 bits per heavy atom. The number of rotatable bonds is 17. The molecule has 0 spiro atoms. The zero-order valence-electron chi connectivity index (χ0n) is 20.4. The molecule has 0 aliphatic heterocycles. The van der Waals surface area contributed by atoms with Crippen molar-refractivity contribution < 1.29 is 13.0 Å². The first kappa shape index (κ1) is 26.9. The van der Waals surface area contributed by atoms with Crippen LogP contribution in [-0.4, -0.2) is 13.0 Å². The molecule has 0 bridgehead atoms. The largest absolute Gasteiger partial charge is 0.294 e. The highest BCUT2D eigenvalue weighted by Crippen LogP contribution is 2.28. The molecule has 0 fully saturated rings. The fraction of sp³-hybridized carbons (Fsp3) is 0.643. The highest BCUT2D eigenvalue weighted by atomic mass is 32.2. The maximum atomic E-state index is 11.7. The normalized spacial score (nSPS) is 12.0. The van der Waals surface area contributed by atoms with Gasteiger partial charge in [-0.1, -0.05) is 109 Å². The van der Waals surface area contributed by atoms with E-state index in [1.54, 1.807) is 12.1 Å². The van der Waals surface area contributed by atoms with E-state index in [0.717, 1.165) is 30.0 Å². The van der Waals surface area contributed by atoms with Crippen molar-refractivity contribution in [2.45, 2.75) is 121 Å². The Morgan fingerprint density at radius 2 is 1.03 bits per heavy atom. The quantitative estimate of drug-likeness (QED) is 0.190. The Morgan fingerprint density at radius 3 is 1.50 bits per heavy atom. The lowest BCUT2D eigenvalue weighted by Crippen LogP contribution is -2.00. The molecule has 180 valence electrons. The molecule has 0 aliphatic carbocycles. The molecule has 0 atom stereocenters. The summed E-state index contributed by atoms with van der Waals surface area (Å²) in [5, 5.41) is 2.13. The van der Waals surface area contributed by atoms with E-state index < -0.39 is 10.1 Å². The summed E-state index contributed by atoms with van der Waals surface area (Å²) in [6, 6.07) is 9.54. The number of unbranched alkanes of at least 4 members (excludes halogenated alkanes) is 12. The maximum absolute atomic E-state index is 11.7. The second-order valence-corrected chi connectivity index (χ2v) is 10.7. The van der Waals surface area contributed by atoms with Crippen LogP contribution in [0.2, 0.25) is 0 Å². The zero-order valence-corrected chi connectivity index (χ0v) is 21.2. The van der Waals surface area contributed by atoms with E-state index in [2.05, 4.69) is 26.0 Å². The standard InChI is InChI=1S/C28H44O3S/c1-3-5-7-9-11-13-15-17-24-19-20-25(18-16-14-12-10-8-6-4-2)28-23-26(32(29,30)31)21-22-27(24)28/h19-23H,3-18H2,1-2H3,(H,29,30,31). The number of hydrogen-bond donors (Lipinski definition) is 1. The van der Waals surface area contributed by atoms with Gasteiger partial charge in [-0.25, -0.2) is 0 Å². The van der Waals surface area contributed by atoms with Gasteiger partial charge in [0.2, 0.25) is 0 Å². The Balaban J connectivity index is 2.05. The van der Waals surface area contributed by atoms with Gasteiger partial charge in [0, 0.05) is 0 Å². The van der Waals surface area contributed by atoms with Crippen LogP contribution in [0.5, 0.6) is 0 Å². The summed E-state index contributed by atoms with van der Waals surface area (Å²) in [5.74, 6) is 0. The second-order valence-electron chi connectivity index (χ2n) is 9.31. The van der Waals surface area contributed by atoms with Crippen molar-refractivity contribution in [2.75, 3.05) is 0 Å². The maximum Gasteiger partial charge on any atom is 0.294 e. The lowest BCUT2D eigenvalue weighted by Gasteiger charge is -2.13. The Kier molecular flexibility index (Phi) is 12.3. The SMILES string of the molecule is CCCCCCCCCc1ccc(CCCCCCCCC)c2cc(S(=O)(=O)O)ccc12. The predicted octanol–water partition coefficient (Wildman–Crippen LogP) is 8.67. The van der Waals surface area contributed by atoms with E-state index in [9.17, 15) is 13.0 Å². The molecule has 32 heavy (non-hydrogen) atoms. The molecule has 0 amide bonds. The van der Waals surface area contributed by atoms with Gasteiger partial charge in [-0.2, -0.15) is 8.42 Å². The summed E-state index contributed by atoms with van der Waals surface area (Å²) < 4.78 is 33.0. The van der Waals surface area contributed by atoms with E-state index in [0.29, 0.717) is 0 Å². The van der Waals surface area contributed by atoms with Crippen LogP contribution in [0.25, 0.3) is 10.8 Å². The lowest BCUT2D eigenvalue weighted by molar-refractivity contribution is 0.483. The molecule has 0 saturated carbocycles. The molecule has 0 unspecified atom stereocenters. The summed E-state index contributed by atoms with van der Waals surface area (Å²) in [7, 11) is -4.19. The topological polar surface area (TPSA) is 54.4 Å². The van der Waals surface area contributed by atoms with Crippen molar-refractivity contribution in [3.8, 4) is 0 Å². The number of aryl methyl sites for hydroxylation is 2.